The first-order chi connectivity index (χ1) is 11.6. The van der Waals surface area contributed by atoms with Crippen LogP contribution in [0.5, 0.6) is 0 Å². The molecule has 1 heteroatoms. The molecule has 1 aromatic heterocycles. The summed E-state index contributed by atoms with van der Waals surface area (Å²) < 4.78 is 46.0. The molecule has 0 aliphatic heterocycles. The van der Waals surface area contributed by atoms with Gasteiger partial charge in [-0.1, -0.05) is 34.9 Å². The second kappa shape index (κ2) is 4.51. The molecule has 0 saturated heterocycles. The molecule has 0 unspecified atom stereocenters. The third kappa shape index (κ3) is 2.24. The minimum Gasteiger partial charge on any atom is -0.256 e. The maximum atomic E-state index is 7.66. The molecule has 2 aromatic carbocycles. The van der Waals surface area contributed by atoms with Gasteiger partial charge in [0.05, 0.1) is 5.69 Å². The van der Waals surface area contributed by atoms with Crippen molar-refractivity contribution in [3.63, 3.8) is 0 Å². The fourth-order valence-electron chi connectivity index (χ4n) is 2.28. The van der Waals surface area contributed by atoms with Crippen LogP contribution in [0.15, 0.2) is 48.7 Å². The molecule has 0 aliphatic carbocycles. The van der Waals surface area contributed by atoms with Crippen LogP contribution in [-0.4, -0.2) is 4.98 Å². The van der Waals surface area contributed by atoms with Crippen LogP contribution in [0.2, 0.25) is 0 Å². The van der Waals surface area contributed by atoms with E-state index in [1.54, 1.807) is 6.20 Å². The van der Waals surface area contributed by atoms with Crippen molar-refractivity contribution in [1.82, 2.24) is 4.98 Å². The summed E-state index contributed by atoms with van der Waals surface area (Å²) >= 11 is 0. The maximum Gasteiger partial charge on any atom is 0.0780 e. The molecule has 3 rings (SSSR count). The lowest BCUT2D eigenvalue weighted by molar-refractivity contribution is 1.32. The van der Waals surface area contributed by atoms with Crippen molar-refractivity contribution < 1.29 is 8.22 Å². The number of fused-ring (bicyclic) bond motifs is 1. The van der Waals surface area contributed by atoms with Crippen LogP contribution >= 0.6 is 0 Å². The van der Waals surface area contributed by atoms with Gasteiger partial charge >= 0.3 is 0 Å². The zero-order valence-electron chi connectivity index (χ0n) is 16.6. The molecule has 0 spiro atoms. The Balaban J connectivity index is 2.32. The van der Waals surface area contributed by atoms with Crippen LogP contribution in [0.3, 0.4) is 0 Å². The average molecular weight is 253 g/mol. The molecule has 19 heavy (non-hydrogen) atoms. The Kier molecular flexibility index (Phi) is 1.63. The van der Waals surface area contributed by atoms with Gasteiger partial charge in [0.25, 0.3) is 0 Å². The Hall–Kier alpha value is -2.15. The van der Waals surface area contributed by atoms with Gasteiger partial charge in [0.2, 0.25) is 0 Å². The highest BCUT2D eigenvalue weighted by molar-refractivity contribution is 5.95. The molecule has 94 valence electrons. The highest BCUT2D eigenvalue weighted by Gasteiger charge is 2.06. The SMILES string of the molecule is [2H]C([2H])([2H])c1cc(-c2nccc3ccc(C)cc23)cc(C([2H])([2H])[2H])c1. The first-order valence-electron chi connectivity index (χ1n) is 9.07. The van der Waals surface area contributed by atoms with Crippen molar-refractivity contribution in [2.75, 3.05) is 0 Å². The van der Waals surface area contributed by atoms with Crippen molar-refractivity contribution in [3.8, 4) is 11.3 Å². The van der Waals surface area contributed by atoms with Gasteiger partial charge < -0.3 is 0 Å². The lowest BCUT2D eigenvalue weighted by Gasteiger charge is -2.08. The quantitative estimate of drug-likeness (QED) is 0.605. The zero-order chi connectivity index (χ0) is 18.4. The monoisotopic (exact) mass is 253 g/mol. The zero-order valence-corrected chi connectivity index (χ0v) is 10.6. The molecule has 0 saturated carbocycles. The third-order valence-corrected chi connectivity index (χ3v) is 3.13. The molecule has 0 atom stereocenters. The number of nitrogens with zero attached hydrogens (tertiary/aromatic N) is 1. The van der Waals surface area contributed by atoms with Crippen molar-refractivity contribution in [2.24, 2.45) is 0 Å². The van der Waals surface area contributed by atoms with E-state index in [4.69, 9.17) is 8.22 Å². The number of rotatable bonds is 1. The van der Waals surface area contributed by atoms with E-state index in [-0.39, 0.29) is 11.1 Å². The molecule has 0 aliphatic rings. The van der Waals surface area contributed by atoms with Gasteiger partial charge in [0.1, 0.15) is 0 Å². The van der Waals surface area contributed by atoms with E-state index in [0.717, 1.165) is 16.3 Å². The summed E-state index contributed by atoms with van der Waals surface area (Å²) in [5.41, 5.74) is 2.13. The van der Waals surface area contributed by atoms with Gasteiger partial charge in [-0.15, -0.1) is 0 Å². The van der Waals surface area contributed by atoms with Crippen molar-refractivity contribution in [2.45, 2.75) is 20.6 Å². The number of aryl methyl sites for hydroxylation is 3. The molecule has 1 heterocycles. The Morgan fingerprint density at radius 2 is 1.68 bits per heavy atom. The van der Waals surface area contributed by atoms with E-state index in [1.807, 2.05) is 31.2 Å². The highest BCUT2D eigenvalue weighted by Crippen LogP contribution is 2.28. The molecule has 0 N–H and O–H groups in total. The summed E-state index contributed by atoms with van der Waals surface area (Å²) in [5.74, 6) is 0. The minimum absolute atomic E-state index is 0.00239. The van der Waals surface area contributed by atoms with E-state index in [2.05, 4.69) is 4.98 Å². The van der Waals surface area contributed by atoms with Gasteiger partial charge in [-0.2, -0.15) is 0 Å². The highest BCUT2D eigenvalue weighted by atomic mass is 14.7. The van der Waals surface area contributed by atoms with Crippen molar-refractivity contribution in [1.29, 1.82) is 0 Å². The van der Waals surface area contributed by atoms with Gasteiger partial charge in [-0.3, -0.25) is 4.98 Å². The van der Waals surface area contributed by atoms with Gasteiger partial charge in [0, 0.05) is 25.4 Å². The van der Waals surface area contributed by atoms with Gasteiger partial charge in [0.15, 0.2) is 0 Å². The molecule has 0 radical (unpaired) electrons. The second-order valence-corrected chi connectivity index (χ2v) is 4.68. The summed E-state index contributed by atoms with van der Waals surface area (Å²) in [6, 6.07) is 12.0. The number of hydrogen-bond acceptors (Lipinski definition) is 1. The van der Waals surface area contributed by atoms with E-state index in [1.165, 1.54) is 18.2 Å². The lowest BCUT2D eigenvalue weighted by atomic mass is 9.99. The topological polar surface area (TPSA) is 12.9 Å². The van der Waals surface area contributed by atoms with Crippen LogP contribution in [0, 0.1) is 20.6 Å². The number of benzene rings is 2. The second-order valence-electron chi connectivity index (χ2n) is 4.68. The van der Waals surface area contributed by atoms with Crippen LogP contribution in [0.1, 0.15) is 24.9 Å². The fourth-order valence-corrected chi connectivity index (χ4v) is 2.28. The molecule has 0 fully saturated rings. The molecule has 0 bridgehead atoms. The van der Waals surface area contributed by atoms with Crippen LogP contribution < -0.4 is 0 Å². The predicted molar refractivity (Wildman–Crippen MR) is 81.4 cm³/mol. The average Bonchev–Trinajstić information content (AvgIpc) is 2.52. The summed E-state index contributed by atoms with van der Waals surface area (Å²) in [7, 11) is 0. The van der Waals surface area contributed by atoms with Crippen molar-refractivity contribution in [3.05, 3.63) is 65.4 Å². The number of pyridine rings is 1. The summed E-state index contributed by atoms with van der Waals surface area (Å²) in [6.07, 6.45) is 1.64. The number of aromatic nitrogens is 1. The normalized spacial score (nSPS) is 16.9. The van der Waals surface area contributed by atoms with E-state index < -0.39 is 13.7 Å². The van der Waals surface area contributed by atoms with Crippen molar-refractivity contribution >= 4 is 10.8 Å². The summed E-state index contributed by atoms with van der Waals surface area (Å²) in [5, 5.41) is 1.83. The Bertz CT molecular complexity index is 908. The first kappa shape index (κ1) is 6.85. The largest absolute Gasteiger partial charge is 0.256 e. The Morgan fingerprint density at radius 3 is 2.42 bits per heavy atom. The van der Waals surface area contributed by atoms with Crippen LogP contribution in [-0.2, 0) is 0 Å². The first-order valence-corrected chi connectivity index (χ1v) is 6.07. The molecule has 0 amide bonds. The van der Waals surface area contributed by atoms with Crippen LogP contribution in [0.4, 0.5) is 0 Å². The maximum absolute atomic E-state index is 7.66. The molecule has 1 nitrogen and oxygen atoms in total. The van der Waals surface area contributed by atoms with Gasteiger partial charge in [-0.05, 0) is 50.3 Å². The molecule has 3 aromatic rings. The fraction of sp³-hybridized carbons (Fsp3) is 0.167. The Morgan fingerprint density at radius 1 is 0.895 bits per heavy atom. The minimum atomic E-state index is -2.39. The van der Waals surface area contributed by atoms with E-state index >= 15 is 0 Å². The summed E-state index contributed by atoms with van der Waals surface area (Å²) in [4.78, 5) is 4.40. The van der Waals surface area contributed by atoms with E-state index in [9.17, 15) is 0 Å². The molecular weight excluding hydrogens is 230 g/mol. The predicted octanol–water partition coefficient (Wildman–Crippen LogP) is 4.83. The molecular formula is C18H17N. The lowest BCUT2D eigenvalue weighted by Crippen LogP contribution is -1.89. The number of hydrogen-bond donors (Lipinski definition) is 0. The summed E-state index contributed by atoms with van der Waals surface area (Å²) in [6.45, 7) is -2.82. The van der Waals surface area contributed by atoms with Crippen LogP contribution in [0.25, 0.3) is 22.0 Å². The Labute approximate surface area is 122 Å². The standard InChI is InChI=1S/C18H17N/c1-12-4-5-15-6-7-19-18(17(15)11-12)16-9-13(2)8-14(3)10-16/h4-11H,1-3H3/i2D3,3D3. The smallest absolute Gasteiger partial charge is 0.0780 e. The third-order valence-electron chi connectivity index (χ3n) is 3.13. The van der Waals surface area contributed by atoms with E-state index in [0.29, 0.717) is 11.3 Å². The van der Waals surface area contributed by atoms with Gasteiger partial charge in [-0.25, -0.2) is 0 Å².